The van der Waals surface area contributed by atoms with E-state index in [4.69, 9.17) is 18.5 Å². The molecule has 0 rings (SSSR count). The topological polar surface area (TPSA) is 108 Å². The highest BCUT2D eigenvalue weighted by molar-refractivity contribution is 7.47. The maximum absolute atomic E-state index is 12.7. The number of quaternary nitrogens is 1. The zero-order valence-corrected chi connectivity index (χ0v) is 42.1. The Bertz CT molecular complexity index is 1010. The molecule has 0 spiro atoms. The number of unbranched alkanes of at least 4 members (excludes halogenated alkanes) is 35. The Morgan fingerprint density at radius 3 is 1.05 bits per heavy atom. The van der Waals surface area contributed by atoms with Crippen molar-refractivity contribution in [3.05, 3.63) is 0 Å². The van der Waals surface area contributed by atoms with Crippen LogP contribution in [0.15, 0.2) is 0 Å². The summed E-state index contributed by atoms with van der Waals surface area (Å²) >= 11 is 0. The maximum Gasteiger partial charge on any atom is 0.472 e. The number of esters is 2. The molecule has 2 atom stereocenters. The van der Waals surface area contributed by atoms with Crippen molar-refractivity contribution in [2.75, 3.05) is 47.5 Å². The van der Waals surface area contributed by atoms with Crippen molar-refractivity contribution >= 4 is 19.8 Å². The molecule has 0 aromatic heterocycles. The molecule has 0 bridgehead atoms. The van der Waals surface area contributed by atoms with Crippen LogP contribution in [0.3, 0.4) is 0 Å². The molecule has 10 heteroatoms. The number of carbonyl (C=O) groups excluding carboxylic acids is 2. The largest absolute Gasteiger partial charge is 0.472 e. The van der Waals surface area contributed by atoms with Crippen molar-refractivity contribution in [2.24, 2.45) is 0 Å². The van der Waals surface area contributed by atoms with Crippen LogP contribution in [0.1, 0.15) is 264 Å². The van der Waals surface area contributed by atoms with Crippen LogP contribution in [0.2, 0.25) is 0 Å². The van der Waals surface area contributed by atoms with E-state index >= 15 is 0 Å². The lowest BCUT2D eigenvalue weighted by Gasteiger charge is -2.24. The van der Waals surface area contributed by atoms with Crippen LogP contribution in [0, 0.1) is 0 Å². The van der Waals surface area contributed by atoms with Crippen molar-refractivity contribution in [1.82, 2.24) is 0 Å². The number of carbonyl (C=O) groups is 2. The van der Waals surface area contributed by atoms with E-state index in [1.165, 1.54) is 199 Å². The second-order valence-corrected chi connectivity index (χ2v) is 20.7. The first kappa shape index (κ1) is 60.0. The van der Waals surface area contributed by atoms with E-state index in [1.54, 1.807) is 0 Å². The summed E-state index contributed by atoms with van der Waals surface area (Å²) in [7, 11) is 1.50. The van der Waals surface area contributed by atoms with Gasteiger partial charge in [-0.2, -0.15) is 0 Å². The summed E-state index contributed by atoms with van der Waals surface area (Å²) in [5.74, 6) is -0.778. The molecular weight excluding hydrogens is 786 g/mol. The fraction of sp³-hybridized carbons (Fsp3) is 0.961. The van der Waals surface area contributed by atoms with Gasteiger partial charge in [0.25, 0.3) is 0 Å². The van der Waals surface area contributed by atoms with Gasteiger partial charge in [-0.3, -0.25) is 18.6 Å². The number of phosphoric acid groups is 1. The molecule has 0 saturated heterocycles. The lowest BCUT2D eigenvalue weighted by atomic mass is 10.0. The molecule has 0 radical (unpaired) electrons. The Balaban J connectivity index is 4.12. The first-order valence-corrected chi connectivity index (χ1v) is 27.8. The average molecular weight is 889 g/mol. The van der Waals surface area contributed by atoms with E-state index < -0.39 is 26.5 Å². The monoisotopic (exact) mass is 889 g/mol. The minimum Gasteiger partial charge on any atom is -0.462 e. The van der Waals surface area contributed by atoms with Gasteiger partial charge in [-0.05, 0) is 12.8 Å². The summed E-state index contributed by atoms with van der Waals surface area (Å²) in [5.41, 5.74) is 0. The van der Waals surface area contributed by atoms with Gasteiger partial charge in [-0.15, -0.1) is 0 Å². The fourth-order valence-corrected chi connectivity index (χ4v) is 8.52. The van der Waals surface area contributed by atoms with Crippen LogP contribution < -0.4 is 0 Å². The SMILES string of the molecule is CCCCCCCCCCCCCCCCCCCCCCCCCC(=O)OCC(COP(=O)(O)OCC[N+](C)(C)C)OC(=O)CCCCCCCCCCCCCCCC. The third-order valence-corrected chi connectivity index (χ3v) is 12.9. The number of phosphoric ester groups is 1. The molecule has 2 unspecified atom stereocenters. The van der Waals surface area contributed by atoms with Gasteiger partial charge >= 0.3 is 19.8 Å². The van der Waals surface area contributed by atoms with Crippen LogP contribution in [0.4, 0.5) is 0 Å². The number of likely N-dealkylation sites (N-methyl/N-ethyl adjacent to an activating group) is 1. The maximum atomic E-state index is 12.7. The van der Waals surface area contributed by atoms with E-state index in [9.17, 15) is 19.0 Å². The Morgan fingerprint density at radius 2 is 0.738 bits per heavy atom. The molecule has 364 valence electrons. The van der Waals surface area contributed by atoms with Gasteiger partial charge in [0.05, 0.1) is 27.7 Å². The van der Waals surface area contributed by atoms with Gasteiger partial charge in [0.15, 0.2) is 6.10 Å². The molecule has 0 amide bonds. The van der Waals surface area contributed by atoms with E-state index in [2.05, 4.69) is 13.8 Å². The minimum absolute atomic E-state index is 0.0371. The van der Waals surface area contributed by atoms with Gasteiger partial charge in [-0.1, -0.05) is 239 Å². The van der Waals surface area contributed by atoms with Gasteiger partial charge in [0.2, 0.25) is 0 Å². The molecule has 61 heavy (non-hydrogen) atoms. The third-order valence-electron chi connectivity index (χ3n) is 11.9. The molecule has 0 aliphatic rings. The van der Waals surface area contributed by atoms with Crippen molar-refractivity contribution in [3.8, 4) is 0 Å². The molecule has 9 nitrogen and oxygen atoms in total. The standard InChI is InChI=1S/C51H102NO8P/c1-6-8-10-12-14-16-18-20-22-23-24-25-26-27-28-29-30-32-33-35-37-39-41-43-50(53)57-47-49(48-59-61(55,56)58-46-45-52(3,4)5)60-51(54)44-42-40-38-36-34-31-21-19-17-15-13-11-9-7-2/h49H,6-48H2,1-5H3/p+1. The highest BCUT2D eigenvalue weighted by atomic mass is 31.2. The van der Waals surface area contributed by atoms with E-state index in [0.29, 0.717) is 17.4 Å². The van der Waals surface area contributed by atoms with E-state index in [1.807, 2.05) is 21.1 Å². The molecule has 0 aromatic carbocycles. The average Bonchev–Trinajstić information content (AvgIpc) is 3.21. The predicted molar refractivity (Wildman–Crippen MR) is 257 cm³/mol. The first-order valence-electron chi connectivity index (χ1n) is 26.3. The molecule has 1 N–H and O–H groups in total. The summed E-state index contributed by atoms with van der Waals surface area (Å²) < 4.78 is 34.5. The van der Waals surface area contributed by atoms with Crippen LogP contribution in [0.25, 0.3) is 0 Å². The molecule has 0 aliphatic heterocycles. The van der Waals surface area contributed by atoms with Gasteiger partial charge < -0.3 is 18.9 Å². The quantitative estimate of drug-likeness (QED) is 0.0278. The van der Waals surface area contributed by atoms with Gasteiger partial charge in [0, 0.05) is 12.8 Å². The smallest absolute Gasteiger partial charge is 0.462 e. The summed E-state index contributed by atoms with van der Waals surface area (Å²) in [6.07, 6.45) is 47.3. The molecular formula is C51H103NO8P+. The number of hydrogen-bond donors (Lipinski definition) is 1. The Kier molecular flexibility index (Phi) is 43.5. The van der Waals surface area contributed by atoms with Crippen molar-refractivity contribution in [3.63, 3.8) is 0 Å². The van der Waals surface area contributed by atoms with Crippen LogP contribution >= 0.6 is 7.82 Å². The summed E-state index contributed by atoms with van der Waals surface area (Å²) in [6, 6.07) is 0. The summed E-state index contributed by atoms with van der Waals surface area (Å²) in [6.45, 7) is 4.48. The summed E-state index contributed by atoms with van der Waals surface area (Å²) in [5, 5.41) is 0. The van der Waals surface area contributed by atoms with E-state index in [-0.39, 0.29) is 25.6 Å². The van der Waals surface area contributed by atoms with Crippen LogP contribution in [-0.2, 0) is 32.7 Å². The molecule has 0 saturated carbocycles. The fourth-order valence-electron chi connectivity index (χ4n) is 7.78. The second kappa shape index (κ2) is 44.2. The zero-order chi connectivity index (χ0) is 45.0. The second-order valence-electron chi connectivity index (χ2n) is 19.3. The molecule has 0 aliphatic carbocycles. The molecule has 0 aromatic rings. The minimum atomic E-state index is -4.37. The summed E-state index contributed by atoms with van der Waals surface area (Å²) in [4.78, 5) is 35.5. The number of ether oxygens (including phenoxy) is 2. The lowest BCUT2D eigenvalue weighted by molar-refractivity contribution is -0.870. The Hall–Kier alpha value is -0.990. The van der Waals surface area contributed by atoms with Crippen molar-refractivity contribution < 1.29 is 42.1 Å². The number of rotatable bonds is 49. The highest BCUT2D eigenvalue weighted by Gasteiger charge is 2.27. The molecule has 0 heterocycles. The zero-order valence-electron chi connectivity index (χ0n) is 41.2. The number of nitrogens with zero attached hydrogens (tertiary/aromatic N) is 1. The number of hydrogen-bond acceptors (Lipinski definition) is 7. The van der Waals surface area contributed by atoms with Crippen LogP contribution in [0.5, 0.6) is 0 Å². The highest BCUT2D eigenvalue weighted by Crippen LogP contribution is 2.43. The van der Waals surface area contributed by atoms with Crippen molar-refractivity contribution in [2.45, 2.75) is 270 Å². The normalized spacial score (nSPS) is 13.3. The Labute approximate surface area is 378 Å². The van der Waals surface area contributed by atoms with Crippen LogP contribution in [-0.4, -0.2) is 74.9 Å². The Morgan fingerprint density at radius 1 is 0.443 bits per heavy atom. The van der Waals surface area contributed by atoms with Gasteiger partial charge in [-0.25, -0.2) is 4.57 Å². The molecule has 0 fully saturated rings. The van der Waals surface area contributed by atoms with Crippen molar-refractivity contribution in [1.29, 1.82) is 0 Å². The predicted octanol–water partition coefficient (Wildman–Crippen LogP) is 15.5. The van der Waals surface area contributed by atoms with E-state index in [0.717, 1.165) is 38.5 Å². The van der Waals surface area contributed by atoms with Gasteiger partial charge in [0.1, 0.15) is 19.8 Å². The third kappa shape index (κ3) is 48.3. The lowest BCUT2D eigenvalue weighted by Crippen LogP contribution is -2.37. The first-order chi connectivity index (χ1) is 29.5.